The highest BCUT2D eigenvalue weighted by molar-refractivity contribution is 5.94. The Morgan fingerprint density at radius 3 is 2.83 bits per heavy atom. The Morgan fingerprint density at radius 1 is 1.39 bits per heavy atom. The number of anilines is 1. The summed E-state index contributed by atoms with van der Waals surface area (Å²) in [4.78, 5) is 25.0. The molecule has 3 rings (SSSR count). The van der Waals surface area contributed by atoms with Crippen molar-refractivity contribution in [2.24, 2.45) is 0 Å². The van der Waals surface area contributed by atoms with Crippen LogP contribution < -0.4 is 4.90 Å². The molecular formula is C16H21N5O2. The third-order valence-corrected chi connectivity index (χ3v) is 4.05. The van der Waals surface area contributed by atoms with Gasteiger partial charge in [0.05, 0.1) is 11.5 Å². The standard InChI is InChI=1S/C16H21N5O2/c1-11-18-15(23-19-11)13-5-4-8-21(10-13)16(22)12-6-7-14(17-9-12)20(2)3/h6-7,9,13H,4-5,8,10H2,1-3H3. The van der Waals surface area contributed by atoms with Gasteiger partial charge in [-0.05, 0) is 31.9 Å². The smallest absolute Gasteiger partial charge is 0.255 e. The van der Waals surface area contributed by atoms with Crippen molar-refractivity contribution in [2.75, 3.05) is 32.1 Å². The summed E-state index contributed by atoms with van der Waals surface area (Å²) in [5.74, 6) is 2.21. The lowest BCUT2D eigenvalue weighted by Crippen LogP contribution is -2.39. The summed E-state index contributed by atoms with van der Waals surface area (Å²) in [6, 6.07) is 3.68. The molecule has 0 spiro atoms. The SMILES string of the molecule is Cc1noc(C2CCCN(C(=O)c3ccc(N(C)C)nc3)C2)n1. The molecule has 0 radical (unpaired) electrons. The van der Waals surface area contributed by atoms with Crippen LogP contribution in [0, 0.1) is 6.92 Å². The molecule has 1 saturated heterocycles. The van der Waals surface area contributed by atoms with Crippen molar-refractivity contribution in [2.45, 2.75) is 25.7 Å². The molecule has 23 heavy (non-hydrogen) atoms. The molecular weight excluding hydrogens is 294 g/mol. The normalized spacial score (nSPS) is 18.0. The minimum absolute atomic E-state index is 0.00347. The molecule has 1 amide bonds. The molecule has 1 fully saturated rings. The van der Waals surface area contributed by atoms with E-state index in [1.165, 1.54) is 0 Å². The van der Waals surface area contributed by atoms with E-state index >= 15 is 0 Å². The van der Waals surface area contributed by atoms with Crippen LogP contribution in [0.5, 0.6) is 0 Å². The average molecular weight is 315 g/mol. The molecule has 1 aliphatic rings. The van der Waals surface area contributed by atoms with Gasteiger partial charge in [0.25, 0.3) is 5.91 Å². The van der Waals surface area contributed by atoms with Crippen LogP contribution in [0.4, 0.5) is 5.82 Å². The number of rotatable bonds is 3. The van der Waals surface area contributed by atoms with E-state index in [1.807, 2.05) is 36.0 Å². The van der Waals surface area contributed by atoms with Crippen LogP contribution in [-0.4, -0.2) is 53.1 Å². The van der Waals surface area contributed by atoms with Crippen molar-refractivity contribution < 1.29 is 9.32 Å². The van der Waals surface area contributed by atoms with Crippen LogP contribution in [-0.2, 0) is 0 Å². The number of carbonyl (C=O) groups excluding carboxylic acids is 1. The largest absolute Gasteiger partial charge is 0.363 e. The summed E-state index contributed by atoms with van der Waals surface area (Å²) in [7, 11) is 3.84. The number of amides is 1. The fourth-order valence-corrected chi connectivity index (χ4v) is 2.80. The van der Waals surface area contributed by atoms with E-state index in [2.05, 4.69) is 15.1 Å². The van der Waals surface area contributed by atoms with Gasteiger partial charge in [-0.1, -0.05) is 5.16 Å². The van der Waals surface area contributed by atoms with E-state index < -0.39 is 0 Å². The Balaban J connectivity index is 1.71. The number of carbonyl (C=O) groups is 1. The van der Waals surface area contributed by atoms with Crippen LogP contribution in [0.25, 0.3) is 0 Å². The molecule has 1 unspecified atom stereocenters. The second-order valence-corrected chi connectivity index (χ2v) is 6.07. The molecule has 0 saturated carbocycles. The first-order chi connectivity index (χ1) is 11.0. The maximum Gasteiger partial charge on any atom is 0.255 e. The van der Waals surface area contributed by atoms with Crippen molar-refractivity contribution in [3.63, 3.8) is 0 Å². The van der Waals surface area contributed by atoms with Crippen LogP contribution in [0.1, 0.15) is 40.8 Å². The first-order valence-electron chi connectivity index (χ1n) is 7.77. The fourth-order valence-electron chi connectivity index (χ4n) is 2.80. The molecule has 2 aromatic heterocycles. The maximum atomic E-state index is 12.7. The molecule has 7 nitrogen and oxygen atoms in total. The number of aryl methyl sites for hydroxylation is 1. The monoisotopic (exact) mass is 315 g/mol. The number of aromatic nitrogens is 3. The minimum atomic E-state index is 0.00347. The first kappa shape index (κ1) is 15.5. The summed E-state index contributed by atoms with van der Waals surface area (Å²) >= 11 is 0. The van der Waals surface area contributed by atoms with Gasteiger partial charge in [0.1, 0.15) is 5.82 Å². The Labute approximate surface area is 135 Å². The van der Waals surface area contributed by atoms with Gasteiger partial charge in [0, 0.05) is 33.4 Å². The number of hydrogen-bond donors (Lipinski definition) is 0. The predicted molar refractivity (Wildman–Crippen MR) is 85.5 cm³/mol. The Hall–Kier alpha value is -2.44. The highest BCUT2D eigenvalue weighted by atomic mass is 16.5. The highest BCUT2D eigenvalue weighted by Crippen LogP contribution is 2.26. The van der Waals surface area contributed by atoms with E-state index in [-0.39, 0.29) is 11.8 Å². The predicted octanol–water partition coefficient (Wildman–Crippen LogP) is 1.86. The van der Waals surface area contributed by atoms with E-state index in [4.69, 9.17) is 4.52 Å². The van der Waals surface area contributed by atoms with Crippen molar-refractivity contribution in [3.05, 3.63) is 35.6 Å². The van der Waals surface area contributed by atoms with Gasteiger partial charge in [-0.25, -0.2) is 4.98 Å². The van der Waals surface area contributed by atoms with E-state index in [0.717, 1.165) is 25.2 Å². The third kappa shape index (κ3) is 3.33. The van der Waals surface area contributed by atoms with Crippen molar-refractivity contribution >= 4 is 11.7 Å². The summed E-state index contributed by atoms with van der Waals surface area (Å²) in [5, 5.41) is 3.84. The zero-order chi connectivity index (χ0) is 16.4. The molecule has 0 bridgehead atoms. The molecule has 3 heterocycles. The average Bonchev–Trinajstić information content (AvgIpc) is 3.01. The Kier molecular flexibility index (Phi) is 4.27. The van der Waals surface area contributed by atoms with Crippen molar-refractivity contribution in [1.29, 1.82) is 0 Å². The second kappa shape index (κ2) is 6.36. The zero-order valence-electron chi connectivity index (χ0n) is 13.7. The number of pyridine rings is 1. The van der Waals surface area contributed by atoms with Gasteiger partial charge in [-0.2, -0.15) is 4.98 Å². The Bertz CT molecular complexity index is 680. The van der Waals surface area contributed by atoms with E-state index in [0.29, 0.717) is 23.8 Å². The van der Waals surface area contributed by atoms with Gasteiger partial charge in [0.2, 0.25) is 5.89 Å². The third-order valence-electron chi connectivity index (χ3n) is 4.05. The van der Waals surface area contributed by atoms with Gasteiger partial charge in [0.15, 0.2) is 5.82 Å². The van der Waals surface area contributed by atoms with Gasteiger partial charge < -0.3 is 14.3 Å². The number of piperidine rings is 1. The number of hydrogen-bond acceptors (Lipinski definition) is 6. The number of nitrogens with zero attached hydrogens (tertiary/aromatic N) is 5. The van der Waals surface area contributed by atoms with Crippen LogP contribution >= 0.6 is 0 Å². The maximum absolute atomic E-state index is 12.7. The van der Waals surface area contributed by atoms with Gasteiger partial charge in [-0.15, -0.1) is 0 Å². The summed E-state index contributed by atoms with van der Waals surface area (Å²) in [6.45, 7) is 3.16. The van der Waals surface area contributed by atoms with Gasteiger partial charge in [-0.3, -0.25) is 4.79 Å². The summed E-state index contributed by atoms with van der Waals surface area (Å²) < 4.78 is 5.26. The fraction of sp³-hybridized carbons (Fsp3) is 0.500. The van der Waals surface area contributed by atoms with Gasteiger partial charge >= 0.3 is 0 Å². The summed E-state index contributed by atoms with van der Waals surface area (Å²) in [6.07, 6.45) is 3.53. The zero-order valence-corrected chi connectivity index (χ0v) is 13.7. The molecule has 1 aliphatic heterocycles. The second-order valence-electron chi connectivity index (χ2n) is 6.07. The topological polar surface area (TPSA) is 75.4 Å². The molecule has 1 atom stereocenters. The van der Waals surface area contributed by atoms with Crippen LogP contribution in [0.15, 0.2) is 22.9 Å². The van der Waals surface area contributed by atoms with Crippen molar-refractivity contribution in [1.82, 2.24) is 20.0 Å². The first-order valence-corrected chi connectivity index (χ1v) is 7.77. The lowest BCUT2D eigenvalue weighted by atomic mass is 9.97. The molecule has 2 aromatic rings. The van der Waals surface area contributed by atoms with E-state index in [9.17, 15) is 4.79 Å². The van der Waals surface area contributed by atoms with E-state index in [1.54, 1.807) is 13.1 Å². The molecule has 0 aliphatic carbocycles. The lowest BCUT2D eigenvalue weighted by molar-refractivity contribution is 0.0695. The minimum Gasteiger partial charge on any atom is -0.363 e. The van der Waals surface area contributed by atoms with Crippen LogP contribution in [0.2, 0.25) is 0 Å². The molecule has 0 aromatic carbocycles. The Morgan fingerprint density at radius 2 is 2.22 bits per heavy atom. The molecule has 0 N–H and O–H groups in total. The highest BCUT2D eigenvalue weighted by Gasteiger charge is 2.28. The molecule has 122 valence electrons. The van der Waals surface area contributed by atoms with Crippen molar-refractivity contribution in [3.8, 4) is 0 Å². The summed E-state index contributed by atoms with van der Waals surface area (Å²) in [5.41, 5.74) is 0.609. The van der Waals surface area contributed by atoms with Crippen LogP contribution in [0.3, 0.4) is 0 Å². The lowest BCUT2D eigenvalue weighted by Gasteiger charge is -2.31. The quantitative estimate of drug-likeness (QED) is 0.860. The molecule has 7 heteroatoms. The number of likely N-dealkylation sites (tertiary alicyclic amines) is 1.